The van der Waals surface area contributed by atoms with Gasteiger partial charge in [-0.05, 0) is 24.4 Å². The van der Waals surface area contributed by atoms with Gasteiger partial charge in [-0.2, -0.15) is 0 Å². The average molecular weight is 278 g/mol. The van der Waals surface area contributed by atoms with Crippen LogP contribution in [0.5, 0.6) is 0 Å². The topological polar surface area (TPSA) is 56.3 Å². The molecule has 0 radical (unpaired) electrons. The van der Waals surface area contributed by atoms with Crippen LogP contribution in [0.4, 0.5) is 0 Å². The van der Waals surface area contributed by atoms with E-state index in [0.717, 1.165) is 31.9 Å². The first-order chi connectivity index (χ1) is 9.33. The second-order valence-corrected chi connectivity index (χ2v) is 4.63. The largest absolute Gasteiger partial charge is 0.409 e. The van der Waals surface area contributed by atoms with E-state index >= 15 is 0 Å². The number of rotatable bonds is 3. The Balaban J connectivity index is 1.79. The summed E-state index contributed by atoms with van der Waals surface area (Å²) in [4.78, 5) is 6.59. The van der Waals surface area contributed by atoms with E-state index in [4.69, 9.17) is 21.4 Å². The molecule has 1 aliphatic heterocycles. The predicted molar refractivity (Wildman–Crippen MR) is 71.0 cm³/mol. The van der Waals surface area contributed by atoms with Gasteiger partial charge in [-0.3, -0.25) is 9.88 Å². The van der Waals surface area contributed by atoms with Crippen molar-refractivity contribution < 1.29 is 9.15 Å². The lowest BCUT2D eigenvalue weighted by molar-refractivity contribution is 0.0206. The van der Waals surface area contributed by atoms with Gasteiger partial charge in [0, 0.05) is 31.0 Å². The molecule has 2 aromatic heterocycles. The van der Waals surface area contributed by atoms with Crippen molar-refractivity contribution >= 4 is 12.2 Å². The van der Waals surface area contributed by atoms with E-state index in [1.54, 1.807) is 17.1 Å². The van der Waals surface area contributed by atoms with E-state index in [-0.39, 0.29) is 0 Å². The molecule has 100 valence electrons. The van der Waals surface area contributed by atoms with E-state index in [2.05, 4.69) is 15.0 Å². The first-order valence-corrected chi connectivity index (χ1v) is 6.52. The van der Waals surface area contributed by atoms with Crippen LogP contribution in [0.15, 0.2) is 28.9 Å². The van der Waals surface area contributed by atoms with Crippen LogP contribution in [0.1, 0.15) is 0 Å². The Morgan fingerprint density at radius 1 is 1.21 bits per heavy atom. The maximum atomic E-state index is 5.52. The van der Waals surface area contributed by atoms with Crippen molar-refractivity contribution in [2.75, 3.05) is 26.3 Å². The van der Waals surface area contributed by atoms with Crippen molar-refractivity contribution in [2.24, 2.45) is 0 Å². The fourth-order valence-corrected chi connectivity index (χ4v) is 2.12. The molecule has 1 fully saturated rings. The maximum Gasteiger partial charge on any atom is 0.288 e. The number of hydrogen-bond acceptors (Lipinski definition) is 6. The fourth-order valence-electron chi connectivity index (χ4n) is 1.94. The standard InChI is InChI=1S/C12H14N4O2S/c19-12-16(9-15-5-7-17-8-6-15)14-11(18-12)10-1-3-13-4-2-10/h1-4H,5-9H2. The maximum absolute atomic E-state index is 5.52. The Kier molecular flexibility index (Phi) is 3.67. The zero-order chi connectivity index (χ0) is 13.1. The zero-order valence-corrected chi connectivity index (χ0v) is 11.2. The molecule has 0 aromatic carbocycles. The van der Waals surface area contributed by atoms with Crippen LogP contribution in [-0.4, -0.2) is 46.0 Å². The molecule has 19 heavy (non-hydrogen) atoms. The summed E-state index contributed by atoms with van der Waals surface area (Å²) < 4.78 is 12.5. The molecule has 1 saturated heterocycles. The summed E-state index contributed by atoms with van der Waals surface area (Å²) in [6.07, 6.45) is 3.41. The molecular formula is C12H14N4O2S. The summed E-state index contributed by atoms with van der Waals surface area (Å²) in [6.45, 7) is 3.92. The van der Waals surface area contributed by atoms with Crippen LogP contribution in [0.25, 0.3) is 11.5 Å². The third kappa shape index (κ3) is 2.89. The van der Waals surface area contributed by atoms with Crippen molar-refractivity contribution in [3.05, 3.63) is 29.4 Å². The van der Waals surface area contributed by atoms with Crippen LogP contribution < -0.4 is 0 Å². The smallest absolute Gasteiger partial charge is 0.288 e. The van der Waals surface area contributed by atoms with E-state index in [1.165, 1.54) is 0 Å². The molecule has 0 unspecified atom stereocenters. The summed E-state index contributed by atoms with van der Waals surface area (Å²) >= 11 is 5.20. The van der Waals surface area contributed by atoms with Gasteiger partial charge in [0.25, 0.3) is 4.84 Å². The van der Waals surface area contributed by atoms with Gasteiger partial charge in [-0.1, -0.05) is 0 Å². The van der Waals surface area contributed by atoms with Gasteiger partial charge in [-0.15, -0.1) is 5.10 Å². The Labute approximate surface area is 115 Å². The molecule has 2 aromatic rings. The van der Waals surface area contributed by atoms with Gasteiger partial charge in [-0.25, -0.2) is 4.68 Å². The van der Waals surface area contributed by atoms with Crippen LogP contribution in [-0.2, 0) is 11.4 Å². The first-order valence-electron chi connectivity index (χ1n) is 6.11. The van der Waals surface area contributed by atoms with Gasteiger partial charge < -0.3 is 9.15 Å². The molecule has 0 N–H and O–H groups in total. The molecule has 7 heteroatoms. The van der Waals surface area contributed by atoms with E-state index < -0.39 is 0 Å². The molecule has 0 amide bonds. The summed E-state index contributed by atoms with van der Waals surface area (Å²) in [6, 6.07) is 3.69. The van der Waals surface area contributed by atoms with Crippen molar-refractivity contribution in [2.45, 2.75) is 6.67 Å². The molecule has 6 nitrogen and oxygen atoms in total. The molecule has 0 aliphatic carbocycles. The first kappa shape index (κ1) is 12.5. The van der Waals surface area contributed by atoms with Gasteiger partial charge in [0.05, 0.1) is 19.9 Å². The molecule has 3 heterocycles. The SMILES string of the molecule is S=c1oc(-c2ccncc2)nn1CN1CCOCC1. The second kappa shape index (κ2) is 5.60. The van der Waals surface area contributed by atoms with Crippen molar-refractivity contribution in [3.8, 4) is 11.5 Å². The summed E-state index contributed by atoms with van der Waals surface area (Å²) in [5.41, 5.74) is 0.877. The molecule has 0 saturated carbocycles. The number of aromatic nitrogens is 3. The lowest BCUT2D eigenvalue weighted by Gasteiger charge is -2.25. The van der Waals surface area contributed by atoms with E-state index in [9.17, 15) is 0 Å². The van der Waals surface area contributed by atoms with Crippen LogP contribution in [0.2, 0.25) is 0 Å². The summed E-state index contributed by atoms with van der Waals surface area (Å²) in [5.74, 6) is 0.528. The average Bonchev–Trinajstić information content (AvgIpc) is 2.82. The third-order valence-electron chi connectivity index (χ3n) is 2.97. The lowest BCUT2D eigenvalue weighted by Crippen LogP contribution is -2.37. The quantitative estimate of drug-likeness (QED) is 0.794. The molecule has 0 atom stereocenters. The van der Waals surface area contributed by atoms with Crippen molar-refractivity contribution in [1.29, 1.82) is 0 Å². The molecular weight excluding hydrogens is 264 g/mol. The Morgan fingerprint density at radius 2 is 1.95 bits per heavy atom. The highest BCUT2D eigenvalue weighted by Gasteiger charge is 2.14. The highest BCUT2D eigenvalue weighted by atomic mass is 32.1. The minimum atomic E-state index is 0.387. The number of ether oxygens (including phenoxy) is 1. The minimum absolute atomic E-state index is 0.387. The highest BCUT2D eigenvalue weighted by Crippen LogP contribution is 2.16. The molecule has 3 rings (SSSR count). The van der Waals surface area contributed by atoms with Crippen molar-refractivity contribution in [1.82, 2.24) is 19.7 Å². The van der Waals surface area contributed by atoms with Crippen LogP contribution >= 0.6 is 12.2 Å². The Morgan fingerprint density at radius 3 is 2.68 bits per heavy atom. The normalized spacial score (nSPS) is 16.6. The minimum Gasteiger partial charge on any atom is -0.409 e. The third-order valence-corrected chi connectivity index (χ3v) is 3.27. The summed E-state index contributed by atoms with van der Waals surface area (Å²) in [5, 5.41) is 4.41. The van der Waals surface area contributed by atoms with Gasteiger partial charge in [0.2, 0.25) is 5.89 Å². The molecule has 0 bridgehead atoms. The number of morpholine rings is 1. The Hall–Kier alpha value is -1.57. The second-order valence-electron chi connectivity index (χ2n) is 4.28. The number of nitrogens with zero attached hydrogens (tertiary/aromatic N) is 4. The van der Waals surface area contributed by atoms with Crippen LogP contribution in [0, 0.1) is 4.84 Å². The number of pyridine rings is 1. The van der Waals surface area contributed by atoms with Gasteiger partial charge in [0.1, 0.15) is 0 Å². The molecule has 0 spiro atoms. The van der Waals surface area contributed by atoms with E-state index in [0.29, 0.717) is 17.4 Å². The Bertz CT molecular complexity index is 589. The van der Waals surface area contributed by atoms with Gasteiger partial charge in [0.15, 0.2) is 0 Å². The fraction of sp³-hybridized carbons (Fsp3) is 0.417. The number of hydrogen-bond donors (Lipinski definition) is 0. The highest BCUT2D eigenvalue weighted by molar-refractivity contribution is 7.71. The van der Waals surface area contributed by atoms with Crippen LogP contribution in [0.3, 0.4) is 0 Å². The van der Waals surface area contributed by atoms with Crippen molar-refractivity contribution in [3.63, 3.8) is 0 Å². The predicted octanol–water partition coefficient (Wildman–Crippen LogP) is 1.56. The van der Waals surface area contributed by atoms with E-state index in [1.807, 2.05) is 12.1 Å². The zero-order valence-electron chi connectivity index (χ0n) is 10.4. The lowest BCUT2D eigenvalue weighted by atomic mass is 10.3. The van der Waals surface area contributed by atoms with Gasteiger partial charge >= 0.3 is 0 Å². The molecule has 1 aliphatic rings. The summed E-state index contributed by atoms with van der Waals surface area (Å²) in [7, 11) is 0. The monoisotopic (exact) mass is 278 g/mol.